The third-order valence-electron chi connectivity index (χ3n) is 3.76. The number of nitrogens with one attached hydrogen (secondary N) is 1. The monoisotopic (exact) mass is 227 g/mol. The molecule has 1 unspecified atom stereocenters. The Hall–Kier alpha value is -0.120. The minimum Gasteiger partial charge on any atom is -0.315 e. The van der Waals surface area contributed by atoms with Crippen molar-refractivity contribution < 1.29 is 0 Å². The summed E-state index contributed by atoms with van der Waals surface area (Å²) in [5.41, 5.74) is 0. The van der Waals surface area contributed by atoms with Crippen LogP contribution < -0.4 is 5.32 Å². The highest BCUT2D eigenvalue weighted by molar-refractivity contribution is 4.70. The van der Waals surface area contributed by atoms with Crippen LogP contribution in [0.2, 0.25) is 0 Å². The predicted molar refractivity (Wildman–Crippen MR) is 70.9 cm³/mol. The largest absolute Gasteiger partial charge is 0.315 e. The van der Waals surface area contributed by atoms with Crippen molar-refractivity contribution in [3.63, 3.8) is 0 Å². The minimum absolute atomic E-state index is 0.732. The highest BCUT2D eigenvalue weighted by Crippen LogP contribution is 2.04. The smallest absolute Gasteiger partial charge is 0.0112 e. The molecule has 1 saturated heterocycles. The molecule has 1 fully saturated rings. The van der Waals surface area contributed by atoms with E-state index < -0.39 is 0 Å². The van der Waals surface area contributed by atoms with Gasteiger partial charge in [0.15, 0.2) is 0 Å². The van der Waals surface area contributed by atoms with Gasteiger partial charge in [-0.1, -0.05) is 13.8 Å². The average molecular weight is 227 g/mol. The Kier molecular flexibility index (Phi) is 7.01. The van der Waals surface area contributed by atoms with E-state index in [1.807, 2.05) is 0 Å². The van der Waals surface area contributed by atoms with E-state index in [0.717, 1.165) is 12.6 Å². The van der Waals surface area contributed by atoms with Crippen molar-refractivity contribution in [2.24, 2.45) is 0 Å². The standard InChI is InChI=1S/C13H29N3/c1-4-13(3)16(5-2)12-11-15-9-6-7-14-8-10-15/h13-14H,4-12H2,1-3H3. The van der Waals surface area contributed by atoms with Crippen molar-refractivity contribution >= 4 is 0 Å². The molecule has 3 nitrogen and oxygen atoms in total. The predicted octanol–water partition coefficient (Wildman–Crippen LogP) is 1.40. The maximum atomic E-state index is 3.46. The van der Waals surface area contributed by atoms with Gasteiger partial charge in [-0.15, -0.1) is 0 Å². The fourth-order valence-corrected chi connectivity index (χ4v) is 2.34. The molecule has 0 aromatic heterocycles. The second-order valence-electron chi connectivity index (χ2n) is 4.83. The van der Waals surface area contributed by atoms with Crippen molar-refractivity contribution in [1.29, 1.82) is 0 Å². The third-order valence-corrected chi connectivity index (χ3v) is 3.76. The van der Waals surface area contributed by atoms with E-state index in [4.69, 9.17) is 0 Å². The van der Waals surface area contributed by atoms with Crippen LogP contribution in [0.25, 0.3) is 0 Å². The molecular weight excluding hydrogens is 198 g/mol. The summed E-state index contributed by atoms with van der Waals surface area (Å²) in [7, 11) is 0. The lowest BCUT2D eigenvalue weighted by Gasteiger charge is -2.30. The molecule has 0 radical (unpaired) electrons. The summed E-state index contributed by atoms with van der Waals surface area (Å²) < 4.78 is 0. The number of hydrogen-bond donors (Lipinski definition) is 1. The molecule has 1 aliphatic heterocycles. The lowest BCUT2D eigenvalue weighted by molar-refractivity contribution is 0.175. The Morgan fingerprint density at radius 2 is 2.06 bits per heavy atom. The van der Waals surface area contributed by atoms with Crippen molar-refractivity contribution in [3.05, 3.63) is 0 Å². The Morgan fingerprint density at radius 3 is 2.75 bits per heavy atom. The number of likely N-dealkylation sites (N-methyl/N-ethyl adjacent to an activating group) is 1. The molecule has 0 bridgehead atoms. The van der Waals surface area contributed by atoms with Crippen LogP contribution in [0.5, 0.6) is 0 Å². The van der Waals surface area contributed by atoms with Crippen molar-refractivity contribution in [3.8, 4) is 0 Å². The Morgan fingerprint density at radius 1 is 1.25 bits per heavy atom. The molecule has 1 N–H and O–H groups in total. The quantitative estimate of drug-likeness (QED) is 0.740. The highest BCUT2D eigenvalue weighted by Gasteiger charge is 2.13. The summed E-state index contributed by atoms with van der Waals surface area (Å²) in [6.45, 7) is 15.4. The molecule has 0 aromatic rings. The van der Waals surface area contributed by atoms with Gasteiger partial charge in [0.2, 0.25) is 0 Å². The van der Waals surface area contributed by atoms with E-state index >= 15 is 0 Å². The molecule has 0 saturated carbocycles. The first-order chi connectivity index (χ1) is 7.77. The fourth-order valence-electron chi connectivity index (χ4n) is 2.34. The van der Waals surface area contributed by atoms with E-state index in [1.54, 1.807) is 0 Å². The van der Waals surface area contributed by atoms with Gasteiger partial charge in [-0.3, -0.25) is 4.90 Å². The van der Waals surface area contributed by atoms with Crippen molar-refractivity contribution in [1.82, 2.24) is 15.1 Å². The van der Waals surface area contributed by atoms with Gasteiger partial charge < -0.3 is 10.2 Å². The summed E-state index contributed by atoms with van der Waals surface area (Å²) in [6, 6.07) is 0.732. The summed E-state index contributed by atoms with van der Waals surface area (Å²) >= 11 is 0. The second-order valence-corrected chi connectivity index (χ2v) is 4.83. The highest BCUT2D eigenvalue weighted by atomic mass is 15.2. The molecule has 16 heavy (non-hydrogen) atoms. The van der Waals surface area contributed by atoms with Gasteiger partial charge in [0, 0.05) is 32.2 Å². The van der Waals surface area contributed by atoms with Crippen LogP contribution in [0.4, 0.5) is 0 Å². The van der Waals surface area contributed by atoms with Gasteiger partial charge in [-0.2, -0.15) is 0 Å². The van der Waals surface area contributed by atoms with E-state index in [2.05, 4.69) is 35.9 Å². The van der Waals surface area contributed by atoms with E-state index in [1.165, 1.54) is 52.1 Å². The zero-order chi connectivity index (χ0) is 11.8. The minimum atomic E-state index is 0.732. The molecule has 0 aliphatic carbocycles. The number of nitrogens with zero attached hydrogens (tertiary/aromatic N) is 2. The summed E-state index contributed by atoms with van der Waals surface area (Å²) in [6.07, 6.45) is 2.56. The van der Waals surface area contributed by atoms with Crippen molar-refractivity contribution in [2.45, 2.75) is 39.7 Å². The van der Waals surface area contributed by atoms with Gasteiger partial charge >= 0.3 is 0 Å². The van der Waals surface area contributed by atoms with Gasteiger partial charge in [0.05, 0.1) is 0 Å². The third kappa shape index (κ3) is 4.81. The summed E-state index contributed by atoms with van der Waals surface area (Å²) in [5.74, 6) is 0. The first-order valence-electron chi connectivity index (χ1n) is 6.95. The van der Waals surface area contributed by atoms with Gasteiger partial charge in [-0.05, 0) is 39.4 Å². The van der Waals surface area contributed by atoms with Crippen LogP contribution >= 0.6 is 0 Å². The van der Waals surface area contributed by atoms with Crippen LogP contribution in [-0.4, -0.2) is 61.7 Å². The van der Waals surface area contributed by atoms with E-state index in [-0.39, 0.29) is 0 Å². The van der Waals surface area contributed by atoms with E-state index in [0.29, 0.717) is 0 Å². The van der Waals surface area contributed by atoms with Gasteiger partial charge in [0.25, 0.3) is 0 Å². The van der Waals surface area contributed by atoms with E-state index in [9.17, 15) is 0 Å². The molecule has 96 valence electrons. The normalized spacial score (nSPS) is 21.0. The first-order valence-corrected chi connectivity index (χ1v) is 6.95. The van der Waals surface area contributed by atoms with Crippen molar-refractivity contribution in [2.75, 3.05) is 45.8 Å². The molecule has 1 heterocycles. The fraction of sp³-hybridized carbons (Fsp3) is 1.00. The first kappa shape index (κ1) is 13.9. The molecule has 0 amide bonds. The van der Waals surface area contributed by atoms with Crippen LogP contribution in [-0.2, 0) is 0 Å². The molecule has 3 heteroatoms. The maximum absolute atomic E-state index is 3.46. The molecule has 0 aromatic carbocycles. The summed E-state index contributed by atoms with van der Waals surface area (Å²) in [5, 5.41) is 3.46. The second kappa shape index (κ2) is 8.04. The number of rotatable bonds is 6. The maximum Gasteiger partial charge on any atom is 0.0112 e. The van der Waals surface area contributed by atoms with Crippen LogP contribution in [0.1, 0.15) is 33.6 Å². The van der Waals surface area contributed by atoms with Gasteiger partial charge in [-0.25, -0.2) is 0 Å². The summed E-state index contributed by atoms with van der Waals surface area (Å²) in [4.78, 5) is 5.20. The Labute approximate surface area is 101 Å². The molecule has 1 aliphatic rings. The number of hydrogen-bond acceptors (Lipinski definition) is 3. The molecular formula is C13H29N3. The topological polar surface area (TPSA) is 18.5 Å². The zero-order valence-electron chi connectivity index (χ0n) is 11.3. The Bertz CT molecular complexity index is 165. The molecule has 1 rings (SSSR count). The Balaban J connectivity index is 2.24. The molecule has 0 spiro atoms. The van der Waals surface area contributed by atoms with Crippen LogP contribution in [0, 0.1) is 0 Å². The average Bonchev–Trinajstić information content (AvgIpc) is 2.58. The lowest BCUT2D eigenvalue weighted by atomic mass is 10.2. The van der Waals surface area contributed by atoms with Crippen LogP contribution in [0.15, 0.2) is 0 Å². The SMILES string of the molecule is CCC(C)N(CC)CCN1CCCNCC1. The zero-order valence-corrected chi connectivity index (χ0v) is 11.3. The molecule has 1 atom stereocenters. The van der Waals surface area contributed by atoms with Gasteiger partial charge in [0.1, 0.15) is 0 Å². The van der Waals surface area contributed by atoms with Crippen LogP contribution in [0.3, 0.4) is 0 Å². The lowest BCUT2D eigenvalue weighted by Crippen LogP contribution is -2.40.